The van der Waals surface area contributed by atoms with Crippen LogP contribution in [0.4, 0.5) is 13.6 Å². The monoisotopic (exact) mass is 445 g/mol. The maximum absolute atomic E-state index is 14.0. The normalized spacial score (nSPS) is 17.5. The maximum Gasteiger partial charge on any atom is 0.320 e. The second kappa shape index (κ2) is 7.32. The molecule has 6 nitrogen and oxygen atoms in total. The van der Waals surface area contributed by atoms with Crippen molar-refractivity contribution >= 4 is 28.4 Å². The van der Waals surface area contributed by atoms with E-state index in [0.29, 0.717) is 29.4 Å². The van der Waals surface area contributed by atoms with Crippen molar-refractivity contribution in [2.45, 2.75) is 25.7 Å². The van der Waals surface area contributed by atoms with Crippen LogP contribution in [0.5, 0.6) is 0 Å². The zero-order valence-corrected chi connectivity index (χ0v) is 17.3. The molecule has 31 heavy (non-hydrogen) atoms. The molecule has 0 saturated heterocycles. The highest BCUT2D eigenvalue weighted by Crippen LogP contribution is 2.35. The van der Waals surface area contributed by atoms with Gasteiger partial charge in [0.2, 0.25) is 0 Å². The molecule has 0 saturated carbocycles. The van der Waals surface area contributed by atoms with Crippen LogP contribution in [0.1, 0.15) is 28.4 Å². The van der Waals surface area contributed by atoms with Gasteiger partial charge in [-0.05, 0) is 40.8 Å². The highest BCUT2D eigenvalue weighted by molar-refractivity contribution is 6.30. The summed E-state index contributed by atoms with van der Waals surface area (Å²) in [7, 11) is 1.64. The first-order chi connectivity index (χ1) is 14.8. The number of likely N-dealkylation sites (N-methyl/N-ethyl adjacent to an activating group) is 1. The molecule has 2 aromatic carbocycles. The number of nitrogens with zero attached hydrogens (tertiary/aromatic N) is 2. The van der Waals surface area contributed by atoms with Gasteiger partial charge in [0.1, 0.15) is 0 Å². The van der Waals surface area contributed by atoms with Crippen LogP contribution in [0.3, 0.4) is 0 Å². The predicted octanol–water partition coefficient (Wildman–Crippen LogP) is 4.10. The molecule has 1 aromatic heterocycles. The first-order valence-corrected chi connectivity index (χ1v) is 10.1. The summed E-state index contributed by atoms with van der Waals surface area (Å²) in [6.07, 6.45) is 0. The van der Waals surface area contributed by atoms with E-state index in [1.54, 1.807) is 18.0 Å². The number of fused-ring (bicyclic) bond motifs is 4. The first kappa shape index (κ1) is 20.0. The lowest BCUT2D eigenvalue weighted by atomic mass is 9.95. The minimum absolute atomic E-state index is 0.0358. The van der Waals surface area contributed by atoms with Gasteiger partial charge in [-0.1, -0.05) is 17.7 Å². The minimum atomic E-state index is -1.10. The number of hydrogen-bond acceptors (Lipinski definition) is 3. The summed E-state index contributed by atoms with van der Waals surface area (Å²) >= 11 is 6.07. The van der Waals surface area contributed by atoms with Crippen LogP contribution < -0.4 is 5.56 Å². The fraction of sp³-hybridized carbons (Fsp3) is 0.273. The lowest BCUT2D eigenvalue weighted by Gasteiger charge is -2.35. The molecule has 160 valence electrons. The third kappa shape index (κ3) is 3.26. The van der Waals surface area contributed by atoms with Crippen LogP contribution in [0.2, 0.25) is 5.02 Å². The molecule has 0 bridgehead atoms. The zero-order chi connectivity index (χ0) is 21.9. The van der Waals surface area contributed by atoms with E-state index in [1.165, 1.54) is 4.90 Å². The molecule has 2 aliphatic rings. The zero-order valence-electron chi connectivity index (χ0n) is 16.5. The molecule has 3 aromatic rings. The second-order valence-corrected chi connectivity index (χ2v) is 8.29. The van der Waals surface area contributed by atoms with E-state index in [1.807, 2.05) is 12.1 Å². The summed E-state index contributed by atoms with van der Waals surface area (Å²) in [5.74, 6) is -2.15. The highest BCUT2D eigenvalue weighted by atomic mass is 35.5. The molecule has 0 radical (unpaired) electrons. The molecule has 2 aliphatic heterocycles. The molecule has 5 rings (SSSR count). The average Bonchev–Trinajstić information content (AvgIpc) is 3.17. The number of carbonyl (C=O) groups excluding carboxylic acids is 1. The van der Waals surface area contributed by atoms with Crippen molar-refractivity contribution in [2.24, 2.45) is 0 Å². The Morgan fingerprint density at radius 3 is 2.65 bits per heavy atom. The van der Waals surface area contributed by atoms with Gasteiger partial charge in [0.05, 0.1) is 24.6 Å². The van der Waals surface area contributed by atoms with Crippen molar-refractivity contribution in [2.75, 3.05) is 13.7 Å². The standard InChI is InChI=1S/C22H18ClF2N3O3/c1-27(22(30)28-7-11-2-3-13(23)4-12(11)8-28)19-10-31-9-18-20(19)14-5-16(24)17(25)6-15(14)21(29)26-18/h2-6,19H,7-10H2,1H3,(H,26,29)/t19-/m1/s1. The molecule has 0 spiro atoms. The fourth-order valence-electron chi connectivity index (χ4n) is 4.40. The molecule has 1 N–H and O–H groups in total. The van der Waals surface area contributed by atoms with Crippen LogP contribution in [-0.4, -0.2) is 34.5 Å². The van der Waals surface area contributed by atoms with Gasteiger partial charge in [0.25, 0.3) is 5.56 Å². The van der Waals surface area contributed by atoms with Crippen molar-refractivity contribution in [3.05, 3.63) is 79.7 Å². The summed E-state index contributed by atoms with van der Waals surface area (Å²) in [6, 6.07) is 6.63. The lowest BCUT2D eigenvalue weighted by Crippen LogP contribution is -2.43. The van der Waals surface area contributed by atoms with Gasteiger partial charge >= 0.3 is 6.03 Å². The Balaban J connectivity index is 1.53. The van der Waals surface area contributed by atoms with Gasteiger partial charge < -0.3 is 19.5 Å². The van der Waals surface area contributed by atoms with Crippen molar-refractivity contribution in [3.8, 4) is 0 Å². The number of aromatic nitrogens is 1. The van der Waals surface area contributed by atoms with E-state index in [4.69, 9.17) is 16.3 Å². The quantitative estimate of drug-likeness (QED) is 0.613. The Morgan fingerprint density at radius 2 is 1.87 bits per heavy atom. The van der Waals surface area contributed by atoms with Crippen LogP contribution in [0.25, 0.3) is 10.8 Å². The van der Waals surface area contributed by atoms with Gasteiger partial charge in [-0.15, -0.1) is 0 Å². The molecular formula is C22H18ClF2N3O3. The predicted molar refractivity (Wildman–Crippen MR) is 111 cm³/mol. The van der Waals surface area contributed by atoms with Crippen LogP contribution in [-0.2, 0) is 24.4 Å². The summed E-state index contributed by atoms with van der Waals surface area (Å²) in [6.45, 7) is 1.15. The number of hydrogen-bond donors (Lipinski definition) is 1. The van der Waals surface area contributed by atoms with E-state index >= 15 is 0 Å². The Labute approximate surface area is 181 Å². The molecule has 1 atom stereocenters. The van der Waals surface area contributed by atoms with Crippen molar-refractivity contribution in [1.82, 2.24) is 14.8 Å². The van der Waals surface area contributed by atoms with E-state index in [2.05, 4.69) is 4.98 Å². The van der Waals surface area contributed by atoms with E-state index in [9.17, 15) is 18.4 Å². The number of nitrogens with one attached hydrogen (secondary N) is 1. The van der Waals surface area contributed by atoms with Gasteiger partial charge in [-0.25, -0.2) is 13.6 Å². The Hall–Kier alpha value is -2.97. The second-order valence-electron chi connectivity index (χ2n) is 7.85. The van der Waals surface area contributed by atoms with Gasteiger partial charge in [0, 0.05) is 36.4 Å². The topological polar surface area (TPSA) is 65.6 Å². The Bertz CT molecular complexity index is 1290. The number of pyridine rings is 1. The van der Waals surface area contributed by atoms with E-state index in [-0.39, 0.29) is 30.0 Å². The lowest BCUT2D eigenvalue weighted by molar-refractivity contribution is 0.0438. The summed E-state index contributed by atoms with van der Waals surface area (Å²) in [5, 5.41) is 0.927. The van der Waals surface area contributed by atoms with Gasteiger partial charge in [-0.3, -0.25) is 4.79 Å². The highest BCUT2D eigenvalue weighted by Gasteiger charge is 2.34. The number of urea groups is 1. The van der Waals surface area contributed by atoms with Crippen LogP contribution in [0, 0.1) is 11.6 Å². The first-order valence-electron chi connectivity index (χ1n) is 9.74. The molecule has 0 fully saturated rings. The molecule has 0 unspecified atom stereocenters. The summed E-state index contributed by atoms with van der Waals surface area (Å²) < 4.78 is 33.4. The minimum Gasteiger partial charge on any atom is -0.373 e. The molecule has 3 heterocycles. The number of halogens is 3. The molecule has 9 heteroatoms. The Kier molecular flexibility index (Phi) is 4.71. The van der Waals surface area contributed by atoms with E-state index in [0.717, 1.165) is 23.3 Å². The van der Waals surface area contributed by atoms with Crippen LogP contribution in [0.15, 0.2) is 35.1 Å². The molecule has 2 amide bonds. The number of aromatic amines is 1. The fourth-order valence-corrected chi connectivity index (χ4v) is 4.60. The number of benzene rings is 2. The third-order valence-corrected chi connectivity index (χ3v) is 6.21. The van der Waals surface area contributed by atoms with E-state index < -0.39 is 23.2 Å². The van der Waals surface area contributed by atoms with Crippen LogP contribution >= 0.6 is 11.6 Å². The van der Waals surface area contributed by atoms with Gasteiger partial charge in [0.15, 0.2) is 11.6 Å². The summed E-state index contributed by atoms with van der Waals surface area (Å²) in [4.78, 5) is 31.6. The SMILES string of the molecule is CN(C(=O)N1Cc2ccc(Cl)cc2C1)[C@@H]1COCc2[nH]c(=O)c3cc(F)c(F)cc3c21. The number of carbonyl (C=O) groups is 1. The Morgan fingerprint density at radius 1 is 1.16 bits per heavy atom. The summed E-state index contributed by atoms with van der Waals surface area (Å²) in [5.41, 5.74) is 2.50. The molecular weight excluding hydrogens is 428 g/mol. The van der Waals surface area contributed by atoms with Crippen molar-refractivity contribution in [3.63, 3.8) is 0 Å². The van der Waals surface area contributed by atoms with Crippen molar-refractivity contribution in [1.29, 1.82) is 0 Å². The molecule has 0 aliphatic carbocycles. The maximum atomic E-state index is 14.0. The third-order valence-electron chi connectivity index (χ3n) is 5.97. The number of ether oxygens (including phenoxy) is 1. The smallest absolute Gasteiger partial charge is 0.320 e. The van der Waals surface area contributed by atoms with Gasteiger partial charge in [-0.2, -0.15) is 0 Å². The number of H-pyrrole nitrogens is 1. The average molecular weight is 446 g/mol. The number of amides is 2. The van der Waals surface area contributed by atoms with Crippen molar-refractivity contribution < 1.29 is 18.3 Å². The number of rotatable bonds is 1. The largest absolute Gasteiger partial charge is 0.373 e.